The normalized spacial score (nSPS) is 11.3. The molecule has 0 aliphatic heterocycles. The van der Waals surface area contributed by atoms with Crippen LogP contribution in [-0.2, 0) is 0 Å². The molecular formula is C37H31IP2. The molecule has 40 heavy (non-hydrogen) atoms. The predicted octanol–water partition coefficient (Wildman–Crippen LogP) is 3.74. The average Bonchev–Trinajstić information content (AvgIpc) is 3.04. The molecule has 0 aliphatic carbocycles. The SMILES string of the molecule is C(=P(c1ccccc1)(c1ccccc1)c1ccccc1)[P+](c1ccccc1)(c1ccccc1)c1ccccc1.[I-]. The highest BCUT2D eigenvalue weighted by Gasteiger charge is 2.47. The van der Waals surface area contributed by atoms with Crippen LogP contribution in [0.15, 0.2) is 182 Å². The third-order valence-corrected chi connectivity index (χ3v) is 16.8. The van der Waals surface area contributed by atoms with Gasteiger partial charge in [0, 0.05) is 6.89 Å². The summed E-state index contributed by atoms with van der Waals surface area (Å²) < 4.78 is 0. The van der Waals surface area contributed by atoms with Gasteiger partial charge in [-0.05, 0) is 52.3 Å². The Bertz CT molecular complexity index is 1470. The highest BCUT2D eigenvalue weighted by molar-refractivity contribution is 8.18. The van der Waals surface area contributed by atoms with Crippen molar-refractivity contribution >= 4 is 51.5 Å². The number of hydrogen-bond acceptors (Lipinski definition) is 0. The molecule has 0 bridgehead atoms. The second-order valence-electron chi connectivity index (χ2n) is 9.57. The largest absolute Gasteiger partial charge is 1.00 e. The maximum absolute atomic E-state index is 2.82. The summed E-state index contributed by atoms with van der Waals surface area (Å²) in [7, 11) is -2.25. The van der Waals surface area contributed by atoms with Gasteiger partial charge in [0.1, 0.15) is 23.2 Å². The minimum absolute atomic E-state index is 0. The Labute approximate surface area is 256 Å². The first-order valence-electron chi connectivity index (χ1n) is 13.3. The number of benzene rings is 6. The molecule has 0 saturated carbocycles. The Hall–Kier alpha value is -3.22. The minimum atomic E-state index is -2.25. The molecule has 0 radical (unpaired) electrons. The molecule has 0 aromatic heterocycles. The molecule has 0 aliphatic rings. The highest BCUT2D eigenvalue weighted by Crippen LogP contribution is 2.60. The smallest absolute Gasteiger partial charge is 0.137 e. The van der Waals surface area contributed by atoms with E-state index in [1.54, 1.807) is 0 Å². The molecule has 0 fully saturated rings. The van der Waals surface area contributed by atoms with E-state index in [1.165, 1.54) is 31.8 Å². The van der Waals surface area contributed by atoms with Gasteiger partial charge in [0.2, 0.25) is 0 Å². The van der Waals surface area contributed by atoms with E-state index < -0.39 is 14.1 Å². The van der Waals surface area contributed by atoms with E-state index in [0.717, 1.165) is 0 Å². The number of hydrogen-bond donors (Lipinski definition) is 0. The number of rotatable bonds is 7. The van der Waals surface area contributed by atoms with Gasteiger partial charge in [-0.25, -0.2) is 0 Å². The molecule has 0 atom stereocenters. The lowest BCUT2D eigenvalue weighted by Crippen LogP contribution is -3.00. The van der Waals surface area contributed by atoms with Crippen LogP contribution in [0.4, 0.5) is 0 Å². The first-order valence-corrected chi connectivity index (χ1v) is 17.0. The van der Waals surface area contributed by atoms with Crippen LogP contribution in [0.5, 0.6) is 0 Å². The zero-order valence-electron chi connectivity index (χ0n) is 22.2. The summed E-state index contributed by atoms with van der Waals surface area (Å²) in [6.07, 6.45) is 0. The van der Waals surface area contributed by atoms with Gasteiger partial charge in [0.15, 0.2) is 0 Å². The second-order valence-corrected chi connectivity index (χ2v) is 16.5. The molecule has 6 aromatic carbocycles. The van der Waals surface area contributed by atoms with E-state index >= 15 is 0 Å². The lowest BCUT2D eigenvalue weighted by Gasteiger charge is -2.33. The fourth-order valence-electron chi connectivity index (χ4n) is 5.53. The Morgan fingerprint density at radius 1 is 0.325 bits per heavy atom. The molecule has 0 spiro atoms. The van der Waals surface area contributed by atoms with Crippen LogP contribution in [0.25, 0.3) is 0 Å². The fraction of sp³-hybridized carbons (Fsp3) is 0. The van der Waals surface area contributed by atoms with Crippen LogP contribution in [-0.4, -0.2) is 5.54 Å². The van der Waals surface area contributed by atoms with Gasteiger partial charge in [-0.15, -0.1) is 0 Å². The summed E-state index contributed by atoms with van der Waals surface area (Å²) in [5, 5.41) is 8.22. The maximum Gasteiger partial charge on any atom is 0.137 e. The van der Waals surface area contributed by atoms with Gasteiger partial charge in [0.25, 0.3) is 0 Å². The summed E-state index contributed by atoms with van der Waals surface area (Å²) >= 11 is 0. The van der Waals surface area contributed by atoms with E-state index in [1.807, 2.05) is 0 Å². The molecule has 6 aromatic rings. The van der Waals surface area contributed by atoms with Crippen molar-refractivity contribution in [3.63, 3.8) is 0 Å². The van der Waals surface area contributed by atoms with Crippen molar-refractivity contribution in [1.82, 2.24) is 0 Å². The van der Waals surface area contributed by atoms with Gasteiger partial charge in [-0.1, -0.05) is 146 Å². The summed E-state index contributed by atoms with van der Waals surface area (Å²) in [5.74, 6) is 0. The van der Waals surface area contributed by atoms with Crippen molar-refractivity contribution in [2.24, 2.45) is 0 Å². The maximum atomic E-state index is 2.82. The Morgan fingerprint density at radius 2 is 0.550 bits per heavy atom. The topological polar surface area (TPSA) is 0 Å². The summed E-state index contributed by atoms with van der Waals surface area (Å²) in [5.41, 5.74) is 2.82. The van der Waals surface area contributed by atoms with E-state index in [0.29, 0.717) is 0 Å². The van der Waals surface area contributed by atoms with Crippen LogP contribution in [0, 0.1) is 0 Å². The van der Waals surface area contributed by atoms with Crippen molar-refractivity contribution in [3.05, 3.63) is 182 Å². The van der Waals surface area contributed by atoms with E-state index in [9.17, 15) is 0 Å². The zero-order valence-corrected chi connectivity index (χ0v) is 26.1. The van der Waals surface area contributed by atoms with E-state index in [2.05, 4.69) is 188 Å². The Kier molecular flexibility index (Phi) is 9.18. The monoisotopic (exact) mass is 664 g/mol. The average molecular weight is 665 g/mol. The van der Waals surface area contributed by atoms with Gasteiger partial charge in [-0.3, -0.25) is 0 Å². The molecule has 196 valence electrons. The third kappa shape index (κ3) is 5.27. The van der Waals surface area contributed by atoms with Crippen LogP contribution in [0.2, 0.25) is 0 Å². The quantitative estimate of drug-likeness (QED) is 0.181. The van der Waals surface area contributed by atoms with Crippen molar-refractivity contribution in [2.75, 3.05) is 0 Å². The standard InChI is InChI=1S/C37H31P2.HI/c1-7-19-32(20-8-1)38(33-21-9-2-10-22-33,34-23-11-3-12-24-34)31-39(35-25-13-4-14-26-35,36-27-15-5-16-28-36)37-29-17-6-18-30-37;/h1-31H;1H/q+1;/p-1. The molecule has 0 nitrogen and oxygen atoms in total. The van der Waals surface area contributed by atoms with Gasteiger partial charge in [0.05, 0.1) is 5.54 Å². The fourth-order valence-corrected chi connectivity index (χ4v) is 16.5. The van der Waals surface area contributed by atoms with Crippen molar-refractivity contribution < 1.29 is 24.0 Å². The summed E-state index contributed by atoms with van der Waals surface area (Å²) in [4.78, 5) is 0. The summed E-state index contributed by atoms with van der Waals surface area (Å²) in [6, 6.07) is 67.1. The summed E-state index contributed by atoms with van der Waals surface area (Å²) in [6.45, 7) is -2.25. The van der Waals surface area contributed by atoms with Gasteiger partial charge < -0.3 is 24.0 Å². The molecule has 0 heterocycles. The van der Waals surface area contributed by atoms with Crippen LogP contribution in [0.3, 0.4) is 0 Å². The minimum Gasteiger partial charge on any atom is -1.00 e. The first-order chi connectivity index (χ1) is 19.3. The van der Waals surface area contributed by atoms with E-state index in [-0.39, 0.29) is 24.0 Å². The van der Waals surface area contributed by atoms with Crippen LogP contribution in [0.1, 0.15) is 0 Å². The van der Waals surface area contributed by atoms with E-state index in [4.69, 9.17) is 0 Å². The van der Waals surface area contributed by atoms with Crippen molar-refractivity contribution in [2.45, 2.75) is 0 Å². The molecule has 0 unspecified atom stereocenters. The Morgan fingerprint density at radius 3 is 0.800 bits per heavy atom. The highest BCUT2D eigenvalue weighted by atomic mass is 127. The molecule has 0 saturated heterocycles. The lowest BCUT2D eigenvalue weighted by molar-refractivity contribution is -0.00000728. The molecule has 6 rings (SSSR count). The molecule has 0 N–H and O–H groups in total. The van der Waals surface area contributed by atoms with Gasteiger partial charge in [-0.2, -0.15) is 0 Å². The Balaban J connectivity index is 0.00000323. The molecule has 3 heteroatoms. The molecular weight excluding hydrogens is 633 g/mol. The zero-order chi connectivity index (χ0) is 26.4. The van der Waals surface area contributed by atoms with Crippen LogP contribution < -0.4 is 55.8 Å². The first kappa shape index (κ1) is 28.3. The number of halogens is 1. The van der Waals surface area contributed by atoms with Crippen molar-refractivity contribution in [1.29, 1.82) is 0 Å². The lowest BCUT2D eigenvalue weighted by atomic mass is 10.4. The molecule has 0 amide bonds. The predicted molar refractivity (Wildman–Crippen MR) is 176 cm³/mol. The second kappa shape index (κ2) is 13.0. The third-order valence-electron chi connectivity index (χ3n) is 7.33. The van der Waals surface area contributed by atoms with Gasteiger partial charge >= 0.3 is 0 Å². The van der Waals surface area contributed by atoms with Crippen LogP contribution >= 0.6 is 14.1 Å². The van der Waals surface area contributed by atoms with Crippen molar-refractivity contribution in [3.8, 4) is 0 Å².